The molecule has 0 saturated carbocycles. The van der Waals surface area contributed by atoms with Crippen molar-refractivity contribution in [1.82, 2.24) is 0 Å². The van der Waals surface area contributed by atoms with Crippen LogP contribution in [0.1, 0.15) is 39.5 Å². The van der Waals surface area contributed by atoms with Gasteiger partial charge in [-0.15, -0.1) is 0 Å². The molecule has 0 aliphatic carbocycles. The third-order valence-electron chi connectivity index (χ3n) is 2.14. The topological polar surface area (TPSA) is 43.4 Å². The van der Waals surface area contributed by atoms with Gasteiger partial charge >= 0.3 is 11.9 Å². The number of unbranched alkanes of at least 4 members (excludes halogenated alkanes) is 2. The molecule has 0 bridgehead atoms. The summed E-state index contributed by atoms with van der Waals surface area (Å²) in [5.41, 5.74) is 0. The lowest BCUT2D eigenvalue weighted by Crippen LogP contribution is -2.08. The molecule has 0 saturated heterocycles. The molecule has 0 heterocycles. The fraction of sp³-hybridized carbons (Fsp3) is 0.333. The Morgan fingerprint density at radius 3 is 2.43 bits per heavy atom. The van der Waals surface area contributed by atoms with Crippen LogP contribution in [0.15, 0.2) is 36.5 Å². The number of ether oxygens (including phenoxy) is 1. The van der Waals surface area contributed by atoms with E-state index in [1.165, 1.54) is 6.92 Å². The van der Waals surface area contributed by atoms with E-state index < -0.39 is 11.9 Å². The average Bonchev–Trinajstić information content (AvgIpc) is 2.43. The molecule has 0 aromatic carbocycles. The van der Waals surface area contributed by atoms with Gasteiger partial charge in [0.25, 0.3) is 0 Å². The van der Waals surface area contributed by atoms with Gasteiger partial charge < -0.3 is 4.74 Å². The minimum absolute atomic E-state index is 0.277. The number of carbonyl (C=O) groups is 2. The standard InChI is InChI=1S/C18H20O3/c1-3-4-5-6-7-8-9-10-11-12-13-14-15-16-18(20)21-17(2)19/h3-4,9-12H,13-16H2,1-2H3. The molecule has 0 amide bonds. The molecule has 3 nitrogen and oxygen atoms in total. The van der Waals surface area contributed by atoms with Crippen molar-refractivity contribution < 1.29 is 14.3 Å². The minimum atomic E-state index is -0.554. The SMILES string of the molecule is CC=CC#CC#CC=CC=CCCCCC(=O)OC(C)=O. The van der Waals surface area contributed by atoms with Crippen molar-refractivity contribution in [3.63, 3.8) is 0 Å². The Hall–Kier alpha value is -2.52. The van der Waals surface area contributed by atoms with Crippen LogP contribution in [0, 0.1) is 23.7 Å². The molecule has 0 aliphatic heterocycles. The van der Waals surface area contributed by atoms with E-state index in [4.69, 9.17) is 0 Å². The van der Waals surface area contributed by atoms with Crippen LogP contribution in [0.4, 0.5) is 0 Å². The Morgan fingerprint density at radius 2 is 1.76 bits per heavy atom. The predicted molar refractivity (Wildman–Crippen MR) is 83.9 cm³/mol. The fourth-order valence-electron chi connectivity index (χ4n) is 1.26. The van der Waals surface area contributed by atoms with E-state index in [-0.39, 0.29) is 6.42 Å². The van der Waals surface area contributed by atoms with Gasteiger partial charge in [-0.3, -0.25) is 9.59 Å². The monoisotopic (exact) mass is 284 g/mol. The van der Waals surface area contributed by atoms with Crippen molar-refractivity contribution in [1.29, 1.82) is 0 Å². The van der Waals surface area contributed by atoms with E-state index in [1.54, 1.807) is 12.2 Å². The molecule has 0 aromatic rings. The van der Waals surface area contributed by atoms with Crippen LogP contribution in [-0.4, -0.2) is 11.9 Å². The molecule has 21 heavy (non-hydrogen) atoms. The van der Waals surface area contributed by atoms with Crippen LogP contribution in [0.2, 0.25) is 0 Å². The van der Waals surface area contributed by atoms with E-state index in [0.717, 1.165) is 12.8 Å². The van der Waals surface area contributed by atoms with Crippen LogP contribution in [0.5, 0.6) is 0 Å². The summed E-state index contributed by atoms with van der Waals surface area (Å²) in [4.78, 5) is 21.6. The Morgan fingerprint density at radius 1 is 1.05 bits per heavy atom. The van der Waals surface area contributed by atoms with E-state index in [9.17, 15) is 9.59 Å². The molecular formula is C18H20O3. The number of carbonyl (C=O) groups excluding carboxylic acids is 2. The van der Waals surface area contributed by atoms with Crippen LogP contribution in [0.25, 0.3) is 0 Å². The number of hydrogen-bond acceptors (Lipinski definition) is 3. The molecule has 0 fully saturated rings. The molecule has 0 radical (unpaired) electrons. The molecule has 0 spiro atoms. The normalized spacial score (nSPS) is 10.2. The van der Waals surface area contributed by atoms with E-state index in [0.29, 0.717) is 6.42 Å². The highest BCUT2D eigenvalue weighted by atomic mass is 16.6. The van der Waals surface area contributed by atoms with Crippen molar-refractivity contribution in [2.24, 2.45) is 0 Å². The number of rotatable bonds is 6. The maximum Gasteiger partial charge on any atom is 0.313 e. The van der Waals surface area contributed by atoms with Crippen molar-refractivity contribution in [3.05, 3.63) is 36.5 Å². The van der Waals surface area contributed by atoms with Gasteiger partial charge in [0, 0.05) is 13.3 Å². The quantitative estimate of drug-likeness (QED) is 0.247. The molecule has 110 valence electrons. The molecule has 0 N–H and O–H groups in total. The summed E-state index contributed by atoms with van der Waals surface area (Å²) in [5.74, 6) is 9.94. The number of allylic oxidation sites excluding steroid dienone is 6. The van der Waals surface area contributed by atoms with Crippen LogP contribution >= 0.6 is 0 Å². The summed E-state index contributed by atoms with van der Waals surface area (Å²) >= 11 is 0. The Balaban J connectivity index is 3.68. The van der Waals surface area contributed by atoms with Crippen LogP contribution < -0.4 is 0 Å². The lowest BCUT2D eigenvalue weighted by atomic mass is 10.2. The summed E-state index contributed by atoms with van der Waals surface area (Å²) in [5, 5.41) is 0. The summed E-state index contributed by atoms with van der Waals surface area (Å²) in [7, 11) is 0. The van der Waals surface area contributed by atoms with Gasteiger partial charge in [-0.05, 0) is 50.2 Å². The third-order valence-corrected chi connectivity index (χ3v) is 2.14. The predicted octanol–water partition coefficient (Wildman–Crippen LogP) is 3.33. The summed E-state index contributed by atoms with van der Waals surface area (Å²) in [6, 6.07) is 0. The van der Waals surface area contributed by atoms with Gasteiger partial charge in [-0.25, -0.2) is 0 Å². The van der Waals surface area contributed by atoms with Gasteiger partial charge in [0.05, 0.1) is 0 Å². The van der Waals surface area contributed by atoms with E-state index in [2.05, 4.69) is 28.4 Å². The molecule has 3 heteroatoms. The largest absolute Gasteiger partial charge is 0.393 e. The molecule has 0 unspecified atom stereocenters. The molecule has 0 aromatic heterocycles. The number of hydrogen-bond donors (Lipinski definition) is 0. The highest BCUT2D eigenvalue weighted by Crippen LogP contribution is 2.02. The summed E-state index contributed by atoms with van der Waals surface area (Å²) in [6.45, 7) is 3.13. The zero-order chi connectivity index (χ0) is 15.8. The Bertz CT molecular complexity index is 528. The van der Waals surface area contributed by atoms with Gasteiger partial charge in [0.1, 0.15) is 0 Å². The summed E-state index contributed by atoms with van der Waals surface area (Å²) in [6.07, 6.45) is 13.8. The van der Waals surface area contributed by atoms with Crippen LogP contribution in [-0.2, 0) is 14.3 Å². The molecule has 0 rings (SSSR count). The zero-order valence-corrected chi connectivity index (χ0v) is 12.5. The van der Waals surface area contributed by atoms with E-state index in [1.807, 2.05) is 31.2 Å². The lowest BCUT2D eigenvalue weighted by Gasteiger charge is -1.98. The second kappa shape index (κ2) is 13.9. The van der Waals surface area contributed by atoms with Crippen molar-refractivity contribution in [2.75, 3.05) is 0 Å². The van der Waals surface area contributed by atoms with Gasteiger partial charge in [0.15, 0.2) is 0 Å². The Labute approximate surface area is 126 Å². The highest BCUT2D eigenvalue weighted by molar-refractivity contribution is 5.83. The fourth-order valence-corrected chi connectivity index (χ4v) is 1.26. The first-order valence-electron chi connectivity index (χ1n) is 6.82. The van der Waals surface area contributed by atoms with Gasteiger partial charge in [-0.1, -0.05) is 36.1 Å². The maximum atomic E-state index is 11.1. The second-order valence-electron chi connectivity index (χ2n) is 4.04. The van der Waals surface area contributed by atoms with E-state index >= 15 is 0 Å². The van der Waals surface area contributed by atoms with Crippen molar-refractivity contribution in [3.8, 4) is 23.7 Å². The smallest absolute Gasteiger partial charge is 0.313 e. The van der Waals surface area contributed by atoms with Crippen molar-refractivity contribution >= 4 is 11.9 Å². The summed E-state index contributed by atoms with van der Waals surface area (Å²) < 4.78 is 4.42. The number of esters is 2. The third kappa shape index (κ3) is 15.4. The van der Waals surface area contributed by atoms with Gasteiger partial charge in [0.2, 0.25) is 0 Å². The first-order valence-corrected chi connectivity index (χ1v) is 6.82. The average molecular weight is 284 g/mol. The van der Waals surface area contributed by atoms with Crippen LogP contribution in [0.3, 0.4) is 0 Å². The lowest BCUT2D eigenvalue weighted by molar-refractivity contribution is -0.158. The second-order valence-corrected chi connectivity index (χ2v) is 4.04. The Kier molecular flexibility index (Phi) is 12.2. The minimum Gasteiger partial charge on any atom is -0.393 e. The molecule has 0 aliphatic rings. The molecular weight excluding hydrogens is 264 g/mol. The zero-order valence-electron chi connectivity index (χ0n) is 12.5. The van der Waals surface area contributed by atoms with Crippen molar-refractivity contribution in [2.45, 2.75) is 39.5 Å². The first-order chi connectivity index (χ1) is 10.2. The molecule has 0 atom stereocenters. The maximum absolute atomic E-state index is 11.1. The first kappa shape index (κ1) is 18.5. The highest BCUT2D eigenvalue weighted by Gasteiger charge is 2.04. The van der Waals surface area contributed by atoms with Gasteiger partial charge in [-0.2, -0.15) is 0 Å².